The third-order valence-electron chi connectivity index (χ3n) is 7.18. The van der Waals surface area contributed by atoms with Gasteiger partial charge in [0, 0.05) is 49.3 Å². The van der Waals surface area contributed by atoms with E-state index in [4.69, 9.17) is 11.6 Å². The molecule has 8 heteroatoms. The lowest BCUT2D eigenvalue weighted by Gasteiger charge is -2.60. The highest BCUT2D eigenvalue weighted by Crippen LogP contribution is 2.56. The van der Waals surface area contributed by atoms with E-state index in [-0.39, 0.29) is 5.91 Å². The molecule has 36 heavy (non-hydrogen) atoms. The lowest BCUT2D eigenvalue weighted by molar-refractivity contribution is -0.0515. The first-order chi connectivity index (χ1) is 17.5. The monoisotopic (exact) mass is 502 g/mol. The van der Waals surface area contributed by atoms with Crippen molar-refractivity contribution in [3.8, 4) is 0 Å². The number of halogens is 1. The molecule has 0 atom stereocenters. The van der Waals surface area contributed by atoms with E-state index in [9.17, 15) is 4.79 Å². The van der Waals surface area contributed by atoms with Gasteiger partial charge >= 0.3 is 0 Å². The number of fused-ring (bicyclic) bond motifs is 1. The molecule has 0 radical (unpaired) electrons. The smallest absolute Gasteiger partial charge is 0.270 e. The van der Waals surface area contributed by atoms with E-state index in [0.29, 0.717) is 46.5 Å². The predicted molar refractivity (Wildman–Crippen MR) is 142 cm³/mol. The van der Waals surface area contributed by atoms with E-state index in [0.717, 1.165) is 19.5 Å². The summed E-state index contributed by atoms with van der Waals surface area (Å²) in [5.41, 5.74) is 4.17. The molecule has 0 aromatic carbocycles. The first kappa shape index (κ1) is 24.3. The molecule has 5 rings (SSSR count). The standard InChI is InChI=1S/C28H31ClN6O/c1-3-8-23(34-18-28(19-34)13-21(14-28)20-9-7-11-30-15-20)10-5-6-12-31-26(36)25-24(4-2)33-27-32-16-22(29)17-35(25)27/h3,5,7-11,15-17,21H,1,4,6,12-14,18-19H2,2H3,(H,31,36)/b10-5-,23-8+. The predicted octanol–water partition coefficient (Wildman–Crippen LogP) is 4.97. The van der Waals surface area contributed by atoms with Crippen molar-refractivity contribution in [1.82, 2.24) is 29.6 Å². The summed E-state index contributed by atoms with van der Waals surface area (Å²) in [4.78, 5) is 28.3. The number of hydrogen-bond donors (Lipinski definition) is 1. The van der Waals surface area contributed by atoms with E-state index in [2.05, 4.69) is 56.0 Å². The van der Waals surface area contributed by atoms with Crippen molar-refractivity contribution in [1.29, 1.82) is 0 Å². The lowest BCUT2D eigenvalue weighted by Crippen LogP contribution is -2.60. The molecule has 4 heterocycles. The zero-order chi connectivity index (χ0) is 25.1. The summed E-state index contributed by atoms with van der Waals surface area (Å²) in [5.74, 6) is 0.947. The maximum atomic E-state index is 12.9. The van der Waals surface area contributed by atoms with E-state index >= 15 is 0 Å². The highest BCUT2D eigenvalue weighted by molar-refractivity contribution is 6.30. The molecular formula is C28H31ClN6O. The van der Waals surface area contributed by atoms with Crippen LogP contribution in [0.1, 0.15) is 53.8 Å². The maximum absolute atomic E-state index is 12.9. The number of rotatable bonds is 9. The van der Waals surface area contributed by atoms with Crippen molar-refractivity contribution in [2.24, 2.45) is 5.41 Å². The number of imidazole rings is 1. The first-order valence-electron chi connectivity index (χ1n) is 12.5. The fraction of sp³-hybridized carbons (Fsp3) is 0.357. The molecule has 3 aromatic rings. The summed E-state index contributed by atoms with van der Waals surface area (Å²) < 4.78 is 1.66. The number of aromatic nitrogens is 4. The van der Waals surface area contributed by atoms with Gasteiger partial charge in [0.05, 0.1) is 16.9 Å². The Kier molecular flexibility index (Phi) is 6.92. The number of pyridine rings is 1. The van der Waals surface area contributed by atoms with E-state index in [1.165, 1.54) is 30.3 Å². The number of carbonyl (C=O) groups is 1. The number of aryl methyl sites for hydroxylation is 1. The van der Waals surface area contributed by atoms with E-state index < -0.39 is 0 Å². The van der Waals surface area contributed by atoms with Gasteiger partial charge < -0.3 is 10.2 Å². The van der Waals surface area contributed by atoms with Gasteiger partial charge in [-0.1, -0.05) is 43.3 Å². The number of nitrogens with zero attached hydrogens (tertiary/aromatic N) is 5. The van der Waals surface area contributed by atoms with E-state index in [1.54, 1.807) is 10.6 Å². The molecule has 1 N–H and O–H groups in total. The van der Waals surface area contributed by atoms with Gasteiger partial charge in [0.15, 0.2) is 0 Å². The maximum Gasteiger partial charge on any atom is 0.270 e. The van der Waals surface area contributed by atoms with Crippen molar-refractivity contribution in [3.63, 3.8) is 0 Å². The highest BCUT2D eigenvalue weighted by atomic mass is 35.5. The van der Waals surface area contributed by atoms with Crippen LogP contribution in [0.15, 0.2) is 73.5 Å². The summed E-state index contributed by atoms with van der Waals surface area (Å²) in [7, 11) is 0. The normalized spacial score (nSPS) is 17.4. The lowest BCUT2D eigenvalue weighted by atomic mass is 9.56. The van der Waals surface area contributed by atoms with Crippen LogP contribution in [0, 0.1) is 5.41 Å². The average molecular weight is 503 g/mol. The number of allylic oxidation sites excluding steroid dienone is 3. The van der Waals surface area contributed by atoms with Crippen LogP contribution in [0.4, 0.5) is 0 Å². The second-order valence-corrected chi connectivity index (χ2v) is 10.2. The topological polar surface area (TPSA) is 75.4 Å². The van der Waals surface area contributed by atoms with Gasteiger partial charge in [-0.15, -0.1) is 0 Å². The van der Waals surface area contributed by atoms with Crippen LogP contribution in [0.25, 0.3) is 5.78 Å². The largest absolute Gasteiger partial charge is 0.370 e. The molecule has 1 spiro atoms. The van der Waals surface area contributed by atoms with Crippen LogP contribution in [0.3, 0.4) is 0 Å². The van der Waals surface area contributed by atoms with Crippen molar-refractivity contribution >= 4 is 23.3 Å². The van der Waals surface area contributed by atoms with Crippen molar-refractivity contribution in [2.45, 2.75) is 38.5 Å². The molecule has 1 aliphatic carbocycles. The minimum absolute atomic E-state index is 0.170. The zero-order valence-electron chi connectivity index (χ0n) is 20.5. The van der Waals surface area contributed by atoms with Crippen LogP contribution in [-0.2, 0) is 6.42 Å². The molecule has 1 saturated carbocycles. The number of nitrogens with one attached hydrogen (secondary N) is 1. The number of hydrogen-bond acceptors (Lipinski definition) is 5. The van der Waals surface area contributed by atoms with Gasteiger partial charge in [-0.3, -0.25) is 14.2 Å². The SMILES string of the molecule is C=C/C=C(\C=C/CCNC(=O)c1c(CC)nc2ncc(Cl)cn12)N1CC2(CC(c3cccnc3)C2)C1. The van der Waals surface area contributed by atoms with Gasteiger partial charge in [-0.25, -0.2) is 9.97 Å². The van der Waals surface area contributed by atoms with Gasteiger partial charge in [0.25, 0.3) is 5.91 Å². The van der Waals surface area contributed by atoms with Crippen LogP contribution >= 0.6 is 11.6 Å². The minimum Gasteiger partial charge on any atom is -0.370 e. The van der Waals surface area contributed by atoms with Gasteiger partial charge in [0.1, 0.15) is 5.69 Å². The second-order valence-electron chi connectivity index (χ2n) is 9.72. The fourth-order valence-electron chi connectivity index (χ4n) is 5.43. The Bertz CT molecular complexity index is 1310. The van der Waals surface area contributed by atoms with Crippen LogP contribution in [0.5, 0.6) is 0 Å². The summed E-state index contributed by atoms with van der Waals surface area (Å²) >= 11 is 6.09. The minimum atomic E-state index is -0.170. The van der Waals surface area contributed by atoms with E-state index in [1.807, 2.05) is 31.5 Å². The van der Waals surface area contributed by atoms with Crippen molar-refractivity contribution in [2.75, 3.05) is 19.6 Å². The second kappa shape index (κ2) is 10.3. The molecule has 1 saturated heterocycles. The third kappa shape index (κ3) is 4.80. The third-order valence-corrected chi connectivity index (χ3v) is 7.37. The highest BCUT2D eigenvalue weighted by Gasteiger charge is 2.52. The Balaban J connectivity index is 1.12. The Morgan fingerprint density at radius 3 is 2.89 bits per heavy atom. The average Bonchev–Trinajstić information content (AvgIpc) is 3.20. The van der Waals surface area contributed by atoms with Crippen LogP contribution < -0.4 is 5.32 Å². The fourth-order valence-corrected chi connectivity index (χ4v) is 5.58. The Labute approximate surface area is 216 Å². The summed E-state index contributed by atoms with van der Waals surface area (Å²) in [6.07, 6.45) is 19.0. The van der Waals surface area contributed by atoms with Gasteiger partial charge in [-0.05, 0) is 55.4 Å². The first-order valence-corrected chi connectivity index (χ1v) is 12.8. The van der Waals surface area contributed by atoms with Gasteiger partial charge in [-0.2, -0.15) is 0 Å². The summed E-state index contributed by atoms with van der Waals surface area (Å²) in [5, 5.41) is 3.47. The summed E-state index contributed by atoms with van der Waals surface area (Å²) in [6, 6.07) is 4.22. The molecule has 0 unspecified atom stereocenters. The van der Waals surface area contributed by atoms with Crippen molar-refractivity contribution in [3.05, 3.63) is 95.5 Å². The number of likely N-dealkylation sites (tertiary alicyclic amines) is 1. The molecular weight excluding hydrogens is 472 g/mol. The molecule has 3 aromatic heterocycles. The van der Waals surface area contributed by atoms with Crippen molar-refractivity contribution < 1.29 is 4.79 Å². The van der Waals surface area contributed by atoms with Gasteiger partial charge in [0.2, 0.25) is 5.78 Å². The Morgan fingerprint density at radius 1 is 1.33 bits per heavy atom. The number of amides is 1. The van der Waals surface area contributed by atoms with Crippen LogP contribution in [0.2, 0.25) is 5.02 Å². The molecule has 7 nitrogen and oxygen atoms in total. The molecule has 2 fully saturated rings. The summed E-state index contributed by atoms with van der Waals surface area (Å²) in [6.45, 7) is 8.54. The quantitative estimate of drug-likeness (QED) is 0.330. The molecule has 1 amide bonds. The zero-order valence-corrected chi connectivity index (χ0v) is 21.3. The van der Waals surface area contributed by atoms with Crippen LogP contribution in [-0.4, -0.2) is 49.8 Å². The molecule has 2 aliphatic rings. The molecule has 186 valence electrons. The molecule has 0 bridgehead atoms. The Hall–Kier alpha value is -3.45. The Morgan fingerprint density at radius 2 is 2.17 bits per heavy atom. The molecule has 1 aliphatic heterocycles. The number of carbonyl (C=O) groups excluding carboxylic acids is 1.